The Hall–Kier alpha value is -0.570. The third kappa shape index (κ3) is 3.95. The highest BCUT2D eigenvalue weighted by molar-refractivity contribution is 8.00. The van der Waals surface area contributed by atoms with Crippen LogP contribution in [-0.4, -0.2) is 37.0 Å². The van der Waals surface area contributed by atoms with Crippen molar-refractivity contribution in [3.05, 3.63) is 16.3 Å². The number of carbonyl (C=O) groups is 1. The van der Waals surface area contributed by atoms with Crippen molar-refractivity contribution in [2.24, 2.45) is 0 Å². The standard InChI is InChI=1S/C11H15NO4S3/c13-11(14)10-5-9(7-18-10)19(15,16)12-6-8-3-1-2-4-17-8/h5,7-8,12H,1-4,6H2,(H,13,14). The van der Waals surface area contributed by atoms with Gasteiger partial charge >= 0.3 is 5.97 Å². The first-order valence-corrected chi connectivity index (χ1v) is 9.33. The molecular weight excluding hydrogens is 306 g/mol. The number of aromatic carboxylic acids is 1. The molecule has 2 heterocycles. The van der Waals surface area contributed by atoms with E-state index in [0.717, 1.165) is 29.9 Å². The minimum Gasteiger partial charge on any atom is -0.477 e. The second-order valence-corrected chi connectivity index (χ2v) is 8.38. The van der Waals surface area contributed by atoms with E-state index in [0.29, 0.717) is 11.8 Å². The van der Waals surface area contributed by atoms with E-state index in [2.05, 4.69) is 4.72 Å². The Morgan fingerprint density at radius 3 is 2.84 bits per heavy atom. The average Bonchev–Trinajstić information content (AvgIpc) is 2.88. The first kappa shape index (κ1) is 14.8. The Morgan fingerprint density at radius 2 is 2.26 bits per heavy atom. The molecule has 1 aliphatic rings. The summed E-state index contributed by atoms with van der Waals surface area (Å²) in [4.78, 5) is 10.8. The van der Waals surface area contributed by atoms with E-state index in [1.807, 2.05) is 0 Å². The van der Waals surface area contributed by atoms with Crippen LogP contribution in [-0.2, 0) is 10.0 Å². The zero-order valence-electron chi connectivity index (χ0n) is 10.2. The van der Waals surface area contributed by atoms with Crippen molar-refractivity contribution in [2.45, 2.75) is 29.4 Å². The fourth-order valence-corrected chi connectivity index (χ4v) is 5.36. The molecule has 1 saturated heterocycles. The summed E-state index contributed by atoms with van der Waals surface area (Å²) in [5.41, 5.74) is 0. The minimum absolute atomic E-state index is 0.0346. The van der Waals surface area contributed by atoms with Crippen LogP contribution in [0, 0.1) is 0 Å². The Bertz CT molecular complexity index is 546. The van der Waals surface area contributed by atoms with Crippen molar-refractivity contribution in [3.63, 3.8) is 0 Å². The van der Waals surface area contributed by atoms with Gasteiger partial charge in [0.15, 0.2) is 0 Å². The molecule has 0 aromatic carbocycles. The summed E-state index contributed by atoms with van der Waals surface area (Å²) < 4.78 is 26.6. The summed E-state index contributed by atoms with van der Waals surface area (Å²) in [6.45, 7) is 0.408. The molecule has 1 aromatic heterocycles. The van der Waals surface area contributed by atoms with Crippen molar-refractivity contribution in [3.8, 4) is 0 Å². The predicted molar refractivity (Wildman–Crippen MR) is 76.6 cm³/mol. The minimum atomic E-state index is -3.59. The van der Waals surface area contributed by atoms with Crippen LogP contribution in [0.4, 0.5) is 0 Å². The number of carboxylic acid groups (broad SMARTS) is 1. The van der Waals surface area contributed by atoms with Crippen molar-refractivity contribution in [1.29, 1.82) is 0 Å². The molecule has 0 aliphatic carbocycles. The van der Waals surface area contributed by atoms with Gasteiger partial charge in [-0.15, -0.1) is 11.3 Å². The van der Waals surface area contributed by atoms with Crippen molar-refractivity contribution in [2.75, 3.05) is 12.3 Å². The van der Waals surface area contributed by atoms with Crippen LogP contribution < -0.4 is 4.72 Å². The zero-order valence-corrected chi connectivity index (χ0v) is 12.6. The molecule has 2 N–H and O–H groups in total. The molecule has 0 amide bonds. The van der Waals surface area contributed by atoms with Gasteiger partial charge in [0.1, 0.15) is 4.88 Å². The summed E-state index contributed by atoms with van der Waals surface area (Å²) in [5, 5.41) is 10.5. The van der Waals surface area contributed by atoms with Gasteiger partial charge < -0.3 is 5.11 Å². The maximum atomic E-state index is 12.0. The normalized spacial score (nSPS) is 20.3. The van der Waals surface area contributed by atoms with E-state index >= 15 is 0 Å². The molecule has 0 bridgehead atoms. The first-order valence-electron chi connectivity index (χ1n) is 5.92. The third-order valence-electron chi connectivity index (χ3n) is 2.87. The zero-order chi connectivity index (χ0) is 13.9. The van der Waals surface area contributed by atoms with Crippen LogP contribution in [0.25, 0.3) is 0 Å². The Labute approximate surface area is 120 Å². The summed E-state index contributed by atoms with van der Waals surface area (Å²) in [7, 11) is -3.59. The molecule has 1 unspecified atom stereocenters. The molecule has 0 spiro atoms. The van der Waals surface area contributed by atoms with Crippen LogP contribution in [0.1, 0.15) is 28.9 Å². The number of hydrogen-bond acceptors (Lipinski definition) is 5. The lowest BCUT2D eigenvalue weighted by atomic mass is 10.2. The molecule has 1 aliphatic heterocycles. The van der Waals surface area contributed by atoms with Crippen molar-refractivity contribution in [1.82, 2.24) is 4.72 Å². The van der Waals surface area contributed by atoms with Crippen LogP contribution in [0.5, 0.6) is 0 Å². The van der Waals surface area contributed by atoms with E-state index in [1.165, 1.54) is 17.9 Å². The van der Waals surface area contributed by atoms with Crippen LogP contribution >= 0.6 is 23.1 Å². The number of thioether (sulfide) groups is 1. The molecule has 106 valence electrons. The monoisotopic (exact) mass is 321 g/mol. The Balaban J connectivity index is 1.98. The van der Waals surface area contributed by atoms with Gasteiger partial charge in [-0.1, -0.05) is 6.42 Å². The van der Waals surface area contributed by atoms with Crippen molar-refractivity contribution < 1.29 is 18.3 Å². The maximum absolute atomic E-state index is 12.0. The van der Waals surface area contributed by atoms with E-state index in [1.54, 1.807) is 11.8 Å². The largest absolute Gasteiger partial charge is 0.477 e. The van der Waals surface area contributed by atoms with Crippen LogP contribution in [0.3, 0.4) is 0 Å². The number of nitrogens with one attached hydrogen (secondary N) is 1. The molecule has 1 aromatic rings. The molecule has 8 heteroatoms. The van der Waals surface area contributed by atoms with Gasteiger partial charge in [0.2, 0.25) is 10.0 Å². The average molecular weight is 321 g/mol. The highest BCUT2D eigenvalue weighted by atomic mass is 32.2. The van der Waals surface area contributed by atoms with Gasteiger partial charge in [-0.25, -0.2) is 17.9 Å². The fraction of sp³-hybridized carbons (Fsp3) is 0.545. The number of rotatable bonds is 5. The smallest absolute Gasteiger partial charge is 0.345 e. The van der Waals surface area contributed by atoms with Gasteiger partial charge in [0, 0.05) is 17.2 Å². The second-order valence-electron chi connectivity index (χ2n) is 4.29. The summed E-state index contributed by atoms with van der Waals surface area (Å²) in [6, 6.07) is 1.20. The fourth-order valence-electron chi connectivity index (χ4n) is 1.83. The quantitative estimate of drug-likeness (QED) is 0.867. The Kier molecular flexibility index (Phi) is 4.88. The summed E-state index contributed by atoms with van der Waals surface area (Å²) in [5.74, 6) is -0.0251. The van der Waals surface area contributed by atoms with Gasteiger partial charge in [0.05, 0.1) is 4.90 Å². The van der Waals surface area contributed by atoms with Gasteiger partial charge in [0.25, 0.3) is 0 Å². The summed E-state index contributed by atoms with van der Waals surface area (Å²) in [6.07, 6.45) is 3.36. The number of sulfonamides is 1. The van der Waals surface area contributed by atoms with Crippen LogP contribution in [0.15, 0.2) is 16.3 Å². The van der Waals surface area contributed by atoms with E-state index in [-0.39, 0.29) is 9.77 Å². The van der Waals surface area contributed by atoms with Crippen LogP contribution in [0.2, 0.25) is 0 Å². The van der Waals surface area contributed by atoms with E-state index in [4.69, 9.17) is 5.11 Å². The second kappa shape index (κ2) is 6.25. The Morgan fingerprint density at radius 1 is 1.47 bits per heavy atom. The summed E-state index contributed by atoms with van der Waals surface area (Å²) >= 11 is 2.71. The van der Waals surface area contributed by atoms with Crippen molar-refractivity contribution >= 4 is 39.1 Å². The van der Waals surface area contributed by atoms with Gasteiger partial charge in [-0.3, -0.25) is 0 Å². The van der Waals surface area contributed by atoms with Gasteiger partial charge in [-0.2, -0.15) is 11.8 Å². The molecular formula is C11H15NO4S3. The first-order chi connectivity index (χ1) is 8.99. The number of thiophene rings is 1. The lowest BCUT2D eigenvalue weighted by Crippen LogP contribution is -2.31. The molecule has 0 saturated carbocycles. The molecule has 19 heavy (non-hydrogen) atoms. The lowest BCUT2D eigenvalue weighted by Gasteiger charge is -2.21. The van der Waals surface area contributed by atoms with Gasteiger partial charge in [-0.05, 0) is 24.7 Å². The molecule has 5 nitrogen and oxygen atoms in total. The topological polar surface area (TPSA) is 83.5 Å². The molecule has 2 rings (SSSR count). The maximum Gasteiger partial charge on any atom is 0.345 e. The predicted octanol–water partition coefficient (Wildman–Crippen LogP) is 2.01. The molecule has 1 atom stereocenters. The SMILES string of the molecule is O=C(O)c1cc(S(=O)(=O)NCC2CCCCS2)cs1. The number of hydrogen-bond donors (Lipinski definition) is 2. The highest BCUT2D eigenvalue weighted by Crippen LogP contribution is 2.25. The number of carboxylic acids is 1. The highest BCUT2D eigenvalue weighted by Gasteiger charge is 2.21. The third-order valence-corrected chi connectivity index (χ3v) is 6.74. The van der Waals surface area contributed by atoms with E-state index < -0.39 is 16.0 Å². The van der Waals surface area contributed by atoms with E-state index in [9.17, 15) is 13.2 Å². The lowest BCUT2D eigenvalue weighted by molar-refractivity contribution is 0.0702. The molecule has 1 fully saturated rings. The molecule has 0 radical (unpaired) electrons.